The van der Waals surface area contributed by atoms with Gasteiger partial charge in [0.15, 0.2) is 0 Å². The molecule has 0 aromatic carbocycles. The highest BCUT2D eigenvalue weighted by molar-refractivity contribution is 4.99. The Labute approximate surface area is 86.9 Å². The zero-order valence-corrected chi connectivity index (χ0v) is 8.48. The van der Waals surface area contributed by atoms with Gasteiger partial charge in [-0.25, -0.2) is 0 Å². The van der Waals surface area contributed by atoms with Gasteiger partial charge in [0.1, 0.15) is 0 Å². The molecule has 2 bridgehead atoms. The Bertz CT molecular complexity index is 229. The first-order valence-electron chi connectivity index (χ1n) is 5.42. The SMILES string of the molecule is OC1(CCC(F)(F)F)CC2CCC(C1)N2. The second-order valence-corrected chi connectivity index (χ2v) is 4.89. The fraction of sp³-hybridized carbons (Fsp3) is 1.00. The maximum absolute atomic E-state index is 12.1. The molecular weight excluding hydrogens is 207 g/mol. The minimum absolute atomic E-state index is 0.148. The quantitative estimate of drug-likeness (QED) is 0.750. The summed E-state index contributed by atoms with van der Waals surface area (Å²) in [5.41, 5.74) is -1.09. The maximum Gasteiger partial charge on any atom is 0.389 e. The van der Waals surface area contributed by atoms with Crippen LogP contribution in [0.3, 0.4) is 0 Å². The number of fused-ring (bicyclic) bond motifs is 2. The van der Waals surface area contributed by atoms with E-state index in [1.54, 1.807) is 0 Å². The molecule has 0 amide bonds. The van der Waals surface area contributed by atoms with Crippen molar-refractivity contribution >= 4 is 0 Å². The average Bonchev–Trinajstić information content (AvgIpc) is 2.42. The Kier molecular flexibility index (Phi) is 2.71. The molecule has 0 aromatic rings. The van der Waals surface area contributed by atoms with Crippen LogP contribution in [0.1, 0.15) is 38.5 Å². The second kappa shape index (κ2) is 3.63. The molecule has 2 atom stereocenters. The summed E-state index contributed by atoms with van der Waals surface area (Å²) in [6, 6.07) is 0.448. The van der Waals surface area contributed by atoms with Crippen LogP contribution in [0.15, 0.2) is 0 Å². The lowest BCUT2D eigenvalue weighted by molar-refractivity contribution is -0.150. The first-order chi connectivity index (χ1) is 6.86. The summed E-state index contributed by atoms with van der Waals surface area (Å²) >= 11 is 0. The second-order valence-electron chi connectivity index (χ2n) is 4.89. The van der Waals surface area contributed by atoms with E-state index in [0.717, 1.165) is 12.8 Å². The van der Waals surface area contributed by atoms with Crippen molar-refractivity contribution in [1.82, 2.24) is 5.32 Å². The normalized spacial score (nSPS) is 40.8. The highest BCUT2D eigenvalue weighted by atomic mass is 19.4. The van der Waals surface area contributed by atoms with Crippen molar-refractivity contribution in [2.24, 2.45) is 0 Å². The van der Waals surface area contributed by atoms with E-state index in [9.17, 15) is 18.3 Å². The van der Waals surface area contributed by atoms with Crippen molar-refractivity contribution in [3.8, 4) is 0 Å². The third kappa shape index (κ3) is 2.84. The van der Waals surface area contributed by atoms with Gasteiger partial charge in [-0.2, -0.15) is 13.2 Å². The largest absolute Gasteiger partial charge is 0.390 e. The van der Waals surface area contributed by atoms with E-state index < -0.39 is 18.2 Å². The number of rotatable bonds is 2. The fourth-order valence-corrected chi connectivity index (χ4v) is 2.80. The number of hydrogen-bond acceptors (Lipinski definition) is 2. The van der Waals surface area contributed by atoms with Gasteiger partial charge in [0, 0.05) is 18.5 Å². The standard InChI is InChI=1S/C10H16F3NO/c11-10(12,13)4-3-9(15)5-7-1-2-8(6-9)14-7/h7-8,14-15H,1-6H2. The topological polar surface area (TPSA) is 32.3 Å². The zero-order valence-electron chi connectivity index (χ0n) is 8.48. The van der Waals surface area contributed by atoms with Crippen LogP contribution >= 0.6 is 0 Å². The molecular formula is C10H16F3NO. The molecule has 2 aliphatic rings. The van der Waals surface area contributed by atoms with E-state index in [1.807, 2.05) is 0 Å². The third-order valence-corrected chi connectivity index (χ3v) is 3.46. The van der Waals surface area contributed by atoms with Crippen LogP contribution in [-0.4, -0.2) is 29.0 Å². The molecule has 0 spiro atoms. The van der Waals surface area contributed by atoms with E-state index in [0.29, 0.717) is 12.8 Å². The summed E-state index contributed by atoms with van der Waals surface area (Å²) < 4.78 is 36.2. The van der Waals surface area contributed by atoms with Crippen molar-refractivity contribution in [3.05, 3.63) is 0 Å². The molecule has 0 aliphatic carbocycles. The van der Waals surface area contributed by atoms with Gasteiger partial charge in [-0.3, -0.25) is 0 Å². The minimum Gasteiger partial charge on any atom is -0.390 e. The van der Waals surface area contributed by atoms with Gasteiger partial charge < -0.3 is 10.4 Å². The molecule has 0 radical (unpaired) electrons. The van der Waals surface area contributed by atoms with Gasteiger partial charge in [0.2, 0.25) is 0 Å². The summed E-state index contributed by atoms with van der Waals surface area (Å²) in [4.78, 5) is 0. The molecule has 15 heavy (non-hydrogen) atoms. The van der Waals surface area contributed by atoms with Gasteiger partial charge in [-0.1, -0.05) is 0 Å². The number of halogens is 3. The minimum atomic E-state index is -4.15. The van der Waals surface area contributed by atoms with E-state index >= 15 is 0 Å². The Morgan fingerprint density at radius 2 is 1.73 bits per heavy atom. The van der Waals surface area contributed by atoms with Crippen LogP contribution < -0.4 is 5.32 Å². The lowest BCUT2D eigenvalue weighted by Crippen LogP contribution is -2.48. The number of nitrogens with one attached hydrogen (secondary N) is 1. The van der Waals surface area contributed by atoms with E-state index in [-0.39, 0.29) is 18.5 Å². The molecule has 2 nitrogen and oxygen atoms in total. The monoisotopic (exact) mass is 223 g/mol. The molecule has 0 aromatic heterocycles. The smallest absolute Gasteiger partial charge is 0.389 e. The van der Waals surface area contributed by atoms with Crippen LogP contribution in [0.5, 0.6) is 0 Å². The van der Waals surface area contributed by atoms with Crippen LogP contribution in [0.4, 0.5) is 13.2 Å². The Balaban J connectivity index is 1.90. The molecule has 2 saturated heterocycles. The molecule has 0 saturated carbocycles. The van der Waals surface area contributed by atoms with Crippen molar-refractivity contribution in [2.45, 2.75) is 62.4 Å². The highest BCUT2D eigenvalue weighted by Gasteiger charge is 2.44. The maximum atomic E-state index is 12.1. The third-order valence-electron chi connectivity index (χ3n) is 3.46. The molecule has 2 heterocycles. The summed E-state index contributed by atoms with van der Waals surface area (Å²) in [6.07, 6.45) is -2.26. The molecule has 2 unspecified atom stereocenters. The van der Waals surface area contributed by atoms with Gasteiger partial charge in [-0.15, -0.1) is 0 Å². The molecule has 2 N–H and O–H groups in total. The number of hydrogen-bond donors (Lipinski definition) is 2. The van der Waals surface area contributed by atoms with Gasteiger partial charge in [0.25, 0.3) is 0 Å². The lowest BCUT2D eigenvalue weighted by Gasteiger charge is -2.37. The number of aliphatic hydroxyl groups is 1. The van der Waals surface area contributed by atoms with E-state index in [1.165, 1.54) is 0 Å². The van der Waals surface area contributed by atoms with Crippen LogP contribution in [0, 0.1) is 0 Å². The van der Waals surface area contributed by atoms with Crippen LogP contribution in [-0.2, 0) is 0 Å². The first kappa shape index (κ1) is 11.2. The molecule has 88 valence electrons. The number of piperidine rings is 1. The average molecular weight is 223 g/mol. The fourth-order valence-electron chi connectivity index (χ4n) is 2.80. The molecule has 2 fully saturated rings. The molecule has 2 rings (SSSR count). The Morgan fingerprint density at radius 3 is 2.20 bits per heavy atom. The Morgan fingerprint density at radius 1 is 1.20 bits per heavy atom. The summed E-state index contributed by atoms with van der Waals surface area (Å²) in [5.74, 6) is 0. The summed E-state index contributed by atoms with van der Waals surface area (Å²) in [5, 5.41) is 13.4. The lowest BCUT2D eigenvalue weighted by atomic mass is 9.84. The highest BCUT2D eigenvalue weighted by Crippen LogP contribution is 2.38. The van der Waals surface area contributed by atoms with Gasteiger partial charge in [0.05, 0.1) is 5.60 Å². The molecule has 5 heteroatoms. The predicted molar refractivity (Wildman–Crippen MR) is 49.4 cm³/mol. The van der Waals surface area contributed by atoms with Crippen molar-refractivity contribution < 1.29 is 18.3 Å². The predicted octanol–water partition coefficient (Wildman–Crippen LogP) is 1.97. The molecule has 2 aliphatic heterocycles. The van der Waals surface area contributed by atoms with Crippen molar-refractivity contribution in [1.29, 1.82) is 0 Å². The zero-order chi connectivity index (χ0) is 11.1. The summed E-state index contributed by atoms with van der Waals surface area (Å²) in [7, 11) is 0. The number of alkyl halides is 3. The van der Waals surface area contributed by atoms with Crippen LogP contribution in [0.2, 0.25) is 0 Å². The van der Waals surface area contributed by atoms with Crippen LogP contribution in [0.25, 0.3) is 0 Å². The van der Waals surface area contributed by atoms with Gasteiger partial charge >= 0.3 is 6.18 Å². The Hall–Kier alpha value is -0.290. The van der Waals surface area contributed by atoms with Crippen molar-refractivity contribution in [3.63, 3.8) is 0 Å². The van der Waals surface area contributed by atoms with Crippen molar-refractivity contribution in [2.75, 3.05) is 0 Å². The first-order valence-corrected chi connectivity index (χ1v) is 5.42. The van der Waals surface area contributed by atoms with Gasteiger partial charge in [-0.05, 0) is 32.1 Å². The van der Waals surface area contributed by atoms with E-state index in [4.69, 9.17) is 0 Å². The summed E-state index contributed by atoms with van der Waals surface area (Å²) in [6.45, 7) is 0. The van der Waals surface area contributed by atoms with E-state index in [2.05, 4.69) is 5.32 Å².